The number of likely N-dealkylation sites (N-methyl/N-ethyl adjacent to an activating group) is 1. The van der Waals surface area contributed by atoms with Gasteiger partial charge in [0.1, 0.15) is 0 Å². The fraction of sp³-hybridized carbons (Fsp3) is 0.909. The summed E-state index contributed by atoms with van der Waals surface area (Å²) < 4.78 is 0. The Kier molecular flexibility index (Phi) is 5.73. The third kappa shape index (κ3) is 4.92. The zero-order valence-electron chi connectivity index (χ0n) is 10.3. The molecule has 0 radical (unpaired) electrons. The molecule has 1 aliphatic rings. The van der Waals surface area contributed by atoms with E-state index in [1.165, 1.54) is 12.8 Å². The Labute approximate surface area is 97.7 Å². The zero-order chi connectivity index (χ0) is 12.0. The highest BCUT2D eigenvalue weighted by Gasteiger charge is 2.21. The largest absolute Gasteiger partial charge is 0.358 e. The van der Waals surface area contributed by atoms with Crippen LogP contribution in [0.4, 0.5) is 0 Å². The molecular weight excluding hydrogens is 204 g/mol. The third-order valence-electron chi connectivity index (χ3n) is 3.22. The van der Waals surface area contributed by atoms with Gasteiger partial charge in [0, 0.05) is 26.7 Å². The lowest BCUT2D eigenvalue weighted by Gasteiger charge is -2.30. The van der Waals surface area contributed by atoms with E-state index in [1.807, 2.05) is 7.05 Å². The van der Waals surface area contributed by atoms with Crippen LogP contribution in [0.1, 0.15) is 25.7 Å². The second kappa shape index (κ2) is 6.83. The molecule has 0 spiro atoms. The van der Waals surface area contributed by atoms with Crippen molar-refractivity contribution in [3.05, 3.63) is 0 Å². The van der Waals surface area contributed by atoms with Crippen molar-refractivity contribution in [1.29, 1.82) is 0 Å². The molecule has 0 saturated heterocycles. The van der Waals surface area contributed by atoms with Gasteiger partial charge >= 0.3 is 0 Å². The van der Waals surface area contributed by atoms with Crippen LogP contribution in [0.5, 0.6) is 0 Å². The molecule has 4 N–H and O–H groups in total. The second-order valence-electron chi connectivity index (χ2n) is 4.71. The summed E-state index contributed by atoms with van der Waals surface area (Å²) in [6.45, 7) is 1.41. The molecule has 0 unspecified atom stereocenters. The van der Waals surface area contributed by atoms with E-state index in [2.05, 4.69) is 10.6 Å². The van der Waals surface area contributed by atoms with Crippen LogP contribution in [-0.2, 0) is 4.79 Å². The number of nitrogens with two attached hydrogens (primary N) is 1. The van der Waals surface area contributed by atoms with Crippen LogP contribution in [0, 0.1) is 5.92 Å². The smallest absolute Gasteiger partial charge is 0.233 e. The molecule has 0 aromatic carbocycles. The quantitative estimate of drug-likeness (QED) is 0.446. The van der Waals surface area contributed by atoms with Crippen LogP contribution < -0.4 is 16.5 Å². The van der Waals surface area contributed by atoms with E-state index in [4.69, 9.17) is 5.84 Å². The Morgan fingerprint density at radius 3 is 2.50 bits per heavy atom. The monoisotopic (exact) mass is 228 g/mol. The van der Waals surface area contributed by atoms with E-state index in [1.54, 1.807) is 12.1 Å². The van der Waals surface area contributed by atoms with Crippen molar-refractivity contribution in [2.24, 2.45) is 11.8 Å². The van der Waals surface area contributed by atoms with Crippen LogP contribution >= 0.6 is 0 Å². The Balaban J connectivity index is 2.14. The van der Waals surface area contributed by atoms with E-state index >= 15 is 0 Å². The minimum absolute atomic E-state index is 0.0591. The first kappa shape index (κ1) is 13.4. The van der Waals surface area contributed by atoms with Crippen LogP contribution in [0.2, 0.25) is 0 Å². The highest BCUT2D eigenvalue weighted by atomic mass is 16.1. The van der Waals surface area contributed by atoms with Gasteiger partial charge in [-0.25, -0.2) is 5.01 Å². The summed E-state index contributed by atoms with van der Waals surface area (Å²) in [4.78, 5) is 11.1. The minimum Gasteiger partial charge on any atom is -0.358 e. The molecule has 0 bridgehead atoms. The molecule has 0 aliphatic heterocycles. The first-order valence-electron chi connectivity index (χ1n) is 6.01. The van der Waals surface area contributed by atoms with E-state index < -0.39 is 0 Å². The van der Waals surface area contributed by atoms with Crippen molar-refractivity contribution in [1.82, 2.24) is 15.6 Å². The summed E-state index contributed by atoms with van der Waals surface area (Å²) in [6, 6.07) is 0.497. The van der Waals surface area contributed by atoms with Crippen molar-refractivity contribution < 1.29 is 4.79 Å². The van der Waals surface area contributed by atoms with Gasteiger partial charge in [0.2, 0.25) is 5.91 Å². The SMILES string of the molecule is CNC(=O)CNC1CCC(CN(C)N)CC1. The molecule has 0 aromatic heterocycles. The predicted molar refractivity (Wildman–Crippen MR) is 64.6 cm³/mol. The molecule has 94 valence electrons. The Morgan fingerprint density at radius 2 is 2.00 bits per heavy atom. The van der Waals surface area contributed by atoms with Gasteiger partial charge in [-0.05, 0) is 31.6 Å². The van der Waals surface area contributed by atoms with Gasteiger partial charge in [-0.3, -0.25) is 10.6 Å². The van der Waals surface area contributed by atoms with Crippen LogP contribution in [0.3, 0.4) is 0 Å². The lowest BCUT2D eigenvalue weighted by Crippen LogP contribution is -2.41. The number of rotatable bonds is 5. The van der Waals surface area contributed by atoms with Crippen molar-refractivity contribution >= 4 is 5.91 Å². The normalized spacial score (nSPS) is 25.8. The van der Waals surface area contributed by atoms with E-state index in [9.17, 15) is 4.79 Å². The molecule has 0 heterocycles. The molecule has 5 nitrogen and oxygen atoms in total. The zero-order valence-corrected chi connectivity index (χ0v) is 10.3. The van der Waals surface area contributed by atoms with Crippen molar-refractivity contribution in [2.75, 3.05) is 27.2 Å². The lowest BCUT2D eigenvalue weighted by molar-refractivity contribution is -0.119. The number of amides is 1. The lowest BCUT2D eigenvalue weighted by atomic mass is 9.86. The fourth-order valence-corrected chi connectivity index (χ4v) is 2.28. The average Bonchev–Trinajstić information content (AvgIpc) is 2.27. The first-order valence-corrected chi connectivity index (χ1v) is 6.01. The van der Waals surface area contributed by atoms with Gasteiger partial charge in [-0.15, -0.1) is 0 Å². The van der Waals surface area contributed by atoms with E-state index in [0.29, 0.717) is 18.5 Å². The molecule has 0 atom stereocenters. The van der Waals surface area contributed by atoms with Crippen LogP contribution in [0.15, 0.2) is 0 Å². The number of carbonyl (C=O) groups excluding carboxylic acids is 1. The Bertz CT molecular complexity index is 212. The summed E-state index contributed by atoms with van der Waals surface area (Å²) in [6.07, 6.45) is 4.70. The summed E-state index contributed by atoms with van der Waals surface area (Å²) in [5.41, 5.74) is 0. The summed E-state index contributed by atoms with van der Waals surface area (Å²) in [5, 5.41) is 7.67. The summed E-state index contributed by atoms with van der Waals surface area (Å²) >= 11 is 0. The summed E-state index contributed by atoms with van der Waals surface area (Å²) in [7, 11) is 3.58. The molecule has 1 saturated carbocycles. The minimum atomic E-state index is 0.0591. The van der Waals surface area contributed by atoms with Crippen molar-refractivity contribution in [2.45, 2.75) is 31.7 Å². The summed E-state index contributed by atoms with van der Waals surface area (Å²) in [5.74, 6) is 6.41. The van der Waals surface area contributed by atoms with Crippen LogP contribution in [0.25, 0.3) is 0 Å². The second-order valence-corrected chi connectivity index (χ2v) is 4.71. The highest BCUT2D eigenvalue weighted by Crippen LogP contribution is 2.24. The Hall–Kier alpha value is -0.650. The van der Waals surface area contributed by atoms with E-state index in [-0.39, 0.29) is 5.91 Å². The third-order valence-corrected chi connectivity index (χ3v) is 3.22. The van der Waals surface area contributed by atoms with Gasteiger partial charge in [0.15, 0.2) is 0 Å². The molecule has 1 rings (SSSR count). The molecule has 1 fully saturated rings. The predicted octanol–water partition coefficient (Wildman–Crippen LogP) is -0.314. The van der Waals surface area contributed by atoms with Gasteiger partial charge in [0.05, 0.1) is 6.54 Å². The Morgan fingerprint density at radius 1 is 1.38 bits per heavy atom. The first-order chi connectivity index (χ1) is 7.61. The number of carbonyl (C=O) groups is 1. The molecular formula is C11H24N4O. The van der Waals surface area contributed by atoms with Crippen molar-refractivity contribution in [3.8, 4) is 0 Å². The highest BCUT2D eigenvalue weighted by molar-refractivity contribution is 5.77. The number of nitrogens with one attached hydrogen (secondary N) is 2. The van der Waals surface area contributed by atoms with Gasteiger partial charge < -0.3 is 10.6 Å². The van der Waals surface area contributed by atoms with Gasteiger partial charge in [-0.1, -0.05) is 0 Å². The maximum Gasteiger partial charge on any atom is 0.233 e. The molecule has 0 aromatic rings. The maximum absolute atomic E-state index is 11.1. The standard InChI is InChI=1S/C11H24N4O/c1-13-11(16)7-14-10-5-3-9(4-6-10)8-15(2)12/h9-10,14H,3-8,12H2,1-2H3,(H,13,16). The molecule has 5 heteroatoms. The average molecular weight is 228 g/mol. The fourth-order valence-electron chi connectivity index (χ4n) is 2.28. The molecule has 1 amide bonds. The van der Waals surface area contributed by atoms with Gasteiger partial charge in [0.25, 0.3) is 0 Å². The van der Waals surface area contributed by atoms with Gasteiger partial charge in [-0.2, -0.15) is 0 Å². The maximum atomic E-state index is 11.1. The van der Waals surface area contributed by atoms with E-state index in [0.717, 1.165) is 19.4 Å². The number of nitrogens with zero attached hydrogens (tertiary/aromatic N) is 1. The van der Waals surface area contributed by atoms with Crippen molar-refractivity contribution in [3.63, 3.8) is 0 Å². The topological polar surface area (TPSA) is 70.4 Å². The molecule has 1 aliphatic carbocycles. The number of hydrogen-bond acceptors (Lipinski definition) is 4. The number of hydrogen-bond donors (Lipinski definition) is 3. The van der Waals surface area contributed by atoms with Crippen LogP contribution in [-0.4, -0.2) is 44.1 Å². The molecule has 16 heavy (non-hydrogen) atoms. The number of hydrazine groups is 1.